The summed E-state index contributed by atoms with van der Waals surface area (Å²) in [7, 11) is 3.64. The Labute approximate surface area is 112 Å². The predicted molar refractivity (Wildman–Crippen MR) is 71.9 cm³/mol. The molecule has 4 nitrogen and oxygen atoms in total. The zero-order valence-electron chi connectivity index (χ0n) is 11.3. The van der Waals surface area contributed by atoms with Crippen molar-refractivity contribution in [2.24, 2.45) is 0 Å². The van der Waals surface area contributed by atoms with E-state index in [1.165, 1.54) is 12.1 Å². The van der Waals surface area contributed by atoms with Gasteiger partial charge < -0.3 is 14.9 Å². The van der Waals surface area contributed by atoms with E-state index in [0.29, 0.717) is 5.69 Å². The second-order valence-corrected chi connectivity index (χ2v) is 5.01. The van der Waals surface area contributed by atoms with Gasteiger partial charge in [0.2, 0.25) is 0 Å². The molecule has 0 bridgehead atoms. The van der Waals surface area contributed by atoms with E-state index in [4.69, 9.17) is 5.11 Å². The second-order valence-electron chi connectivity index (χ2n) is 5.01. The van der Waals surface area contributed by atoms with Crippen molar-refractivity contribution in [1.82, 2.24) is 4.90 Å². The molecule has 2 rings (SSSR count). The van der Waals surface area contributed by atoms with E-state index >= 15 is 0 Å². The number of aliphatic hydroxyl groups is 1. The molecule has 0 saturated heterocycles. The summed E-state index contributed by atoms with van der Waals surface area (Å²) in [4.78, 5) is 15.6. The third-order valence-electron chi connectivity index (χ3n) is 3.29. The number of hydrogen-bond acceptors (Lipinski definition) is 3. The number of carbonyl (C=O) groups excluding carboxylic acids is 1. The molecule has 1 amide bonds. The molecule has 1 N–H and O–H groups in total. The van der Waals surface area contributed by atoms with E-state index in [1.54, 1.807) is 15.9 Å². The van der Waals surface area contributed by atoms with Crippen molar-refractivity contribution in [3.05, 3.63) is 29.6 Å². The molecule has 0 heterocycles. The zero-order valence-corrected chi connectivity index (χ0v) is 11.3. The molecule has 1 aromatic carbocycles. The van der Waals surface area contributed by atoms with Crippen LogP contribution in [0.25, 0.3) is 0 Å². The van der Waals surface area contributed by atoms with Gasteiger partial charge in [0, 0.05) is 32.4 Å². The minimum atomic E-state index is -0.514. The molecule has 0 spiro atoms. The SMILES string of the molecule is CN(C)c1ccc(C(=O)N(CCO)C2CC2)c(F)c1. The minimum absolute atomic E-state index is 0.0750. The summed E-state index contributed by atoms with van der Waals surface area (Å²) < 4.78 is 14.0. The molecule has 0 aromatic heterocycles. The van der Waals surface area contributed by atoms with Crippen molar-refractivity contribution in [2.75, 3.05) is 32.1 Å². The lowest BCUT2D eigenvalue weighted by atomic mass is 10.1. The Kier molecular flexibility index (Phi) is 4.04. The normalized spacial score (nSPS) is 14.3. The van der Waals surface area contributed by atoms with Gasteiger partial charge in [0.05, 0.1) is 12.2 Å². The number of halogens is 1. The lowest BCUT2D eigenvalue weighted by Gasteiger charge is -2.22. The third kappa shape index (κ3) is 3.04. The Hall–Kier alpha value is -1.62. The van der Waals surface area contributed by atoms with E-state index in [-0.39, 0.29) is 30.7 Å². The average molecular weight is 266 g/mol. The number of hydrogen-bond donors (Lipinski definition) is 1. The highest BCUT2D eigenvalue weighted by molar-refractivity contribution is 5.95. The molecule has 0 unspecified atom stereocenters. The Morgan fingerprint density at radius 3 is 2.58 bits per heavy atom. The van der Waals surface area contributed by atoms with Gasteiger partial charge in [-0.25, -0.2) is 4.39 Å². The molecular formula is C14H19FN2O2. The van der Waals surface area contributed by atoms with Crippen LogP contribution in [0.5, 0.6) is 0 Å². The van der Waals surface area contributed by atoms with Crippen LogP contribution in [0.15, 0.2) is 18.2 Å². The number of carbonyl (C=O) groups is 1. The summed E-state index contributed by atoms with van der Waals surface area (Å²) >= 11 is 0. The zero-order chi connectivity index (χ0) is 14.0. The Bertz CT molecular complexity index is 473. The molecule has 0 radical (unpaired) electrons. The van der Waals surface area contributed by atoms with Gasteiger partial charge in [-0.2, -0.15) is 0 Å². The first-order valence-corrected chi connectivity index (χ1v) is 6.43. The fraction of sp³-hybridized carbons (Fsp3) is 0.500. The summed E-state index contributed by atoms with van der Waals surface area (Å²) in [6.45, 7) is 0.165. The van der Waals surface area contributed by atoms with Gasteiger partial charge in [-0.05, 0) is 31.0 Å². The van der Waals surface area contributed by atoms with E-state index in [9.17, 15) is 9.18 Å². The van der Waals surface area contributed by atoms with Gasteiger partial charge in [-0.15, -0.1) is 0 Å². The number of aliphatic hydroxyl groups excluding tert-OH is 1. The van der Waals surface area contributed by atoms with E-state index in [0.717, 1.165) is 12.8 Å². The van der Waals surface area contributed by atoms with E-state index in [2.05, 4.69) is 0 Å². The number of anilines is 1. The van der Waals surface area contributed by atoms with Crippen LogP contribution < -0.4 is 4.90 Å². The van der Waals surface area contributed by atoms with E-state index in [1.807, 2.05) is 14.1 Å². The summed E-state index contributed by atoms with van der Waals surface area (Å²) in [6.07, 6.45) is 1.87. The molecule has 1 fully saturated rings. The van der Waals surface area contributed by atoms with Crippen LogP contribution >= 0.6 is 0 Å². The van der Waals surface area contributed by atoms with Crippen molar-refractivity contribution in [2.45, 2.75) is 18.9 Å². The summed E-state index contributed by atoms with van der Waals surface area (Å²) in [6, 6.07) is 4.75. The van der Waals surface area contributed by atoms with Gasteiger partial charge in [0.1, 0.15) is 5.82 Å². The first-order valence-electron chi connectivity index (χ1n) is 6.43. The highest BCUT2D eigenvalue weighted by atomic mass is 19.1. The van der Waals surface area contributed by atoms with Gasteiger partial charge in [0.15, 0.2) is 0 Å². The van der Waals surface area contributed by atoms with Crippen molar-refractivity contribution < 1.29 is 14.3 Å². The molecule has 1 aliphatic rings. The van der Waals surface area contributed by atoms with Gasteiger partial charge in [0.25, 0.3) is 5.91 Å². The third-order valence-corrected chi connectivity index (χ3v) is 3.29. The number of nitrogens with zero attached hydrogens (tertiary/aromatic N) is 2. The monoisotopic (exact) mass is 266 g/mol. The average Bonchev–Trinajstić information content (AvgIpc) is 3.19. The molecule has 19 heavy (non-hydrogen) atoms. The van der Waals surface area contributed by atoms with Gasteiger partial charge in [-0.3, -0.25) is 4.79 Å². The van der Waals surface area contributed by atoms with Crippen molar-refractivity contribution in [3.63, 3.8) is 0 Å². The quantitative estimate of drug-likeness (QED) is 0.878. The van der Waals surface area contributed by atoms with E-state index < -0.39 is 5.82 Å². The highest BCUT2D eigenvalue weighted by Gasteiger charge is 2.33. The lowest BCUT2D eigenvalue weighted by Crippen LogP contribution is -2.36. The second kappa shape index (κ2) is 5.57. The summed E-state index contributed by atoms with van der Waals surface area (Å²) in [5.74, 6) is -0.848. The van der Waals surface area contributed by atoms with Crippen LogP contribution in [0.4, 0.5) is 10.1 Å². The fourth-order valence-electron chi connectivity index (χ4n) is 2.05. The molecule has 1 aromatic rings. The Balaban J connectivity index is 2.22. The standard InChI is InChI=1S/C14H19FN2O2/c1-16(2)11-5-6-12(13(15)9-11)14(19)17(7-8-18)10-3-4-10/h5-6,9-10,18H,3-4,7-8H2,1-2H3. The van der Waals surface area contributed by atoms with Crippen LogP contribution in [0.1, 0.15) is 23.2 Å². The Morgan fingerprint density at radius 1 is 1.42 bits per heavy atom. The van der Waals surface area contributed by atoms with Crippen molar-refractivity contribution in [1.29, 1.82) is 0 Å². The smallest absolute Gasteiger partial charge is 0.257 e. The molecule has 0 atom stereocenters. The minimum Gasteiger partial charge on any atom is -0.395 e. The number of amides is 1. The van der Waals surface area contributed by atoms with Crippen LogP contribution in [0.3, 0.4) is 0 Å². The van der Waals surface area contributed by atoms with Crippen molar-refractivity contribution >= 4 is 11.6 Å². The highest BCUT2D eigenvalue weighted by Crippen LogP contribution is 2.29. The first kappa shape index (κ1) is 13.8. The number of rotatable bonds is 5. The maximum absolute atomic E-state index is 14.0. The molecule has 0 aliphatic heterocycles. The molecule has 104 valence electrons. The van der Waals surface area contributed by atoms with Gasteiger partial charge >= 0.3 is 0 Å². The molecule has 1 saturated carbocycles. The molecule has 1 aliphatic carbocycles. The fourth-order valence-corrected chi connectivity index (χ4v) is 2.05. The maximum Gasteiger partial charge on any atom is 0.257 e. The van der Waals surface area contributed by atoms with Crippen molar-refractivity contribution in [3.8, 4) is 0 Å². The first-order chi connectivity index (χ1) is 9.04. The Morgan fingerprint density at radius 2 is 2.11 bits per heavy atom. The van der Waals surface area contributed by atoms with Crippen LogP contribution in [-0.2, 0) is 0 Å². The summed E-state index contributed by atoms with van der Waals surface area (Å²) in [5, 5.41) is 9.00. The topological polar surface area (TPSA) is 43.8 Å². The van der Waals surface area contributed by atoms with Crippen LogP contribution in [-0.4, -0.2) is 49.2 Å². The molecular weight excluding hydrogens is 247 g/mol. The van der Waals surface area contributed by atoms with Crippen LogP contribution in [0.2, 0.25) is 0 Å². The summed E-state index contributed by atoms with van der Waals surface area (Å²) in [5.41, 5.74) is 0.792. The molecule has 5 heteroatoms. The lowest BCUT2D eigenvalue weighted by molar-refractivity contribution is 0.0703. The van der Waals surface area contributed by atoms with Gasteiger partial charge in [-0.1, -0.05) is 0 Å². The van der Waals surface area contributed by atoms with Crippen LogP contribution in [0, 0.1) is 5.82 Å². The number of benzene rings is 1. The predicted octanol–water partition coefficient (Wildman–Crippen LogP) is 1.49. The maximum atomic E-state index is 14.0. The largest absolute Gasteiger partial charge is 0.395 e.